The van der Waals surface area contributed by atoms with Gasteiger partial charge in [-0.05, 0) is 48.9 Å². The van der Waals surface area contributed by atoms with Gasteiger partial charge in [0.2, 0.25) is 0 Å². The van der Waals surface area contributed by atoms with Crippen molar-refractivity contribution in [1.29, 1.82) is 0 Å². The molecule has 0 radical (unpaired) electrons. The number of rotatable bonds is 6. The molecule has 5 aromatic rings. The van der Waals surface area contributed by atoms with Gasteiger partial charge in [-0.1, -0.05) is 30.3 Å². The Morgan fingerprint density at radius 3 is 2.44 bits per heavy atom. The third kappa shape index (κ3) is 5.11. The maximum absolute atomic E-state index is 13.8. The van der Waals surface area contributed by atoms with E-state index in [1.54, 1.807) is 26.1 Å². The summed E-state index contributed by atoms with van der Waals surface area (Å²) in [7, 11) is 1.59. The minimum Gasteiger partial charge on any atom is -0.461 e. The monoisotopic (exact) mass is 533 g/mol. The zero-order valence-corrected chi connectivity index (χ0v) is 20.9. The molecule has 0 saturated heterocycles. The average molecular weight is 534 g/mol. The van der Waals surface area contributed by atoms with Crippen LogP contribution in [-0.2, 0) is 18.0 Å². The number of nitrogens with one attached hydrogen (secondary N) is 1. The van der Waals surface area contributed by atoms with Crippen LogP contribution in [0.1, 0.15) is 33.3 Å². The van der Waals surface area contributed by atoms with E-state index in [9.17, 15) is 22.8 Å². The Morgan fingerprint density at radius 1 is 1.00 bits per heavy atom. The molecule has 39 heavy (non-hydrogen) atoms. The Bertz CT molecular complexity index is 1690. The van der Waals surface area contributed by atoms with Gasteiger partial charge in [0.1, 0.15) is 11.5 Å². The van der Waals surface area contributed by atoms with Crippen LogP contribution >= 0.6 is 0 Å². The Kier molecular flexibility index (Phi) is 6.65. The average Bonchev–Trinajstić information content (AvgIpc) is 3.55. The standard InChI is InChI=1S/C28H22F3N5O3/c1-3-39-27(38)23-16-36-24(32-23)12-10-19(17-7-5-4-6-8-17)25(36)33-26(37)18-9-11-21(28(29,30)31)20(15-18)22-13-14-35(2)34-22/h4-16H,3H2,1-2H3,(H,33,37). The number of imidazole rings is 1. The number of anilines is 1. The molecule has 0 aliphatic carbocycles. The quantitative estimate of drug-likeness (QED) is 0.277. The number of esters is 1. The summed E-state index contributed by atoms with van der Waals surface area (Å²) in [5.74, 6) is -0.995. The molecule has 0 atom stereocenters. The zero-order chi connectivity index (χ0) is 27.7. The van der Waals surface area contributed by atoms with E-state index in [0.29, 0.717) is 11.2 Å². The first-order valence-corrected chi connectivity index (χ1v) is 11.9. The molecular weight excluding hydrogens is 511 g/mol. The maximum Gasteiger partial charge on any atom is 0.417 e. The molecule has 198 valence electrons. The molecule has 3 aromatic heterocycles. The van der Waals surface area contributed by atoms with Crippen molar-refractivity contribution >= 4 is 23.3 Å². The smallest absolute Gasteiger partial charge is 0.417 e. The number of hydrogen-bond acceptors (Lipinski definition) is 5. The van der Waals surface area contributed by atoms with Gasteiger partial charge in [0.15, 0.2) is 5.69 Å². The van der Waals surface area contributed by atoms with Crippen LogP contribution in [0.15, 0.2) is 79.1 Å². The molecule has 0 aliphatic heterocycles. The molecule has 1 N–H and O–H groups in total. The van der Waals surface area contributed by atoms with Gasteiger partial charge in [-0.2, -0.15) is 18.3 Å². The number of aryl methyl sites for hydroxylation is 1. The normalized spacial score (nSPS) is 11.5. The van der Waals surface area contributed by atoms with E-state index < -0.39 is 23.6 Å². The van der Waals surface area contributed by atoms with Gasteiger partial charge in [0, 0.05) is 36.1 Å². The highest BCUT2D eigenvalue weighted by atomic mass is 19.4. The van der Waals surface area contributed by atoms with Crippen LogP contribution in [0.5, 0.6) is 0 Å². The van der Waals surface area contributed by atoms with Gasteiger partial charge in [0.05, 0.1) is 17.9 Å². The zero-order valence-electron chi connectivity index (χ0n) is 20.9. The lowest BCUT2D eigenvalue weighted by Gasteiger charge is -2.16. The Labute approximate surface area is 220 Å². The molecular formula is C28H22F3N5O3. The van der Waals surface area contributed by atoms with Gasteiger partial charge in [-0.15, -0.1) is 0 Å². The molecule has 5 rings (SSSR count). The van der Waals surface area contributed by atoms with Crippen molar-refractivity contribution in [3.8, 4) is 22.4 Å². The third-order valence-corrected chi connectivity index (χ3v) is 6.01. The van der Waals surface area contributed by atoms with Crippen molar-refractivity contribution in [1.82, 2.24) is 19.2 Å². The van der Waals surface area contributed by atoms with E-state index in [1.807, 2.05) is 30.3 Å². The fourth-order valence-corrected chi connectivity index (χ4v) is 4.22. The first-order chi connectivity index (χ1) is 18.7. The lowest BCUT2D eigenvalue weighted by Crippen LogP contribution is -2.16. The maximum atomic E-state index is 13.8. The van der Waals surface area contributed by atoms with Gasteiger partial charge in [0.25, 0.3) is 5.91 Å². The van der Waals surface area contributed by atoms with Gasteiger partial charge >= 0.3 is 12.1 Å². The van der Waals surface area contributed by atoms with Crippen LogP contribution < -0.4 is 5.32 Å². The largest absolute Gasteiger partial charge is 0.461 e. The number of fused-ring (bicyclic) bond motifs is 1. The molecule has 2 aromatic carbocycles. The Balaban J connectivity index is 1.61. The number of aromatic nitrogens is 4. The number of ether oxygens (including phenoxy) is 1. The minimum absolute atomic E-state index is 0.00889. The summed E-state index contributed by atoms with van der Waals surface area (Å²) in [5, 5.41) is 6.92. The summed E-state index contributed by atoms with van der Waals surface area (Å²) < 4.78 is 49.3. The number of pyridine rings is 1. The summed E-state index contributed by atoms with van der Waals surface area (Å²) in [6, 6.07) is 17.2. The molecule has 0 fully saturated rings. The van der Waals surface area contributed by atoms with Crippen LogP contribution in [0, 0.1) is 0 Å². The topological polar surface area (TPSA) is 90.5 Å². The second kappa shape index (κ2) is 10.1. The van der Waals surface area contributed by atoms with E-state index >= 15 is 0 Å². The highest BCUT2D eigenvalue weighted by molar-refractivity contribution is 6.06. The number of hydrogen-bond donors (Lipinski definition) is 1. The lowest BCUT2D eigenvalue weighted by molar-refractivity contribution is -0.137. The predicted molar refractivity (Wildman–Crippen MR) is 138 cm³/mol. The summed E-state index contributed by atoms with van der Waals surface area (Å²) in [4.78, 5) is 30.1. The second-order valence-corrected chi connectivity index (χ2v) is 8.62. The van der Waals surface area contributed by atoms with E-state index in [-0.39, 0.29) is 34.9 Å². The summed E-state index contributed by atoms with van der Waals surface area (Å²) >= 11 is 0. The third-order valence-electron chi connectivity index (χ3n) is 6.01. The fraction of sp³-hybridized carbons (Fsp3) is 0.143. The molecule has 11 heteroatoms. The van der Waals surface area contributed by atoms with Crippen LogP contribution in [0.3, 0.4) is 0 Å². The van der Waals surface area contributed by atoms with Crippen LogP contribution in [0.2, 0.25) is 0 Å². The highest BCUT2D eigenvalue weighted by Crippen LogP contribution is 2.37. The van der Waals surface area contributed by atoms with Crippen molar-refractivity contribution in [3.63, 3.8) is 0 Å². The van der Waals surface area contributed by atoms with Crippen LogP contribution in [0.4, 0.5) is 19.0 Å². The van der Waals surface area contributed by atoms with Crippen molar-refractivity contribution in [2.24, 2.45) is 7.05 Å². The van der Waals surface area contributed by atoms with Gasteiger partial charge in [-0.25, -0.2) is 9.78 Å². The molecule has 0 saturated carbocycles. The van der Waals surface area contributed by atoms with Crippen molar-refractivity contribution in [2.75, 3.05) is 11.9 Å². The molecule has 0 unspecified atom stereocenters. The van der Waals surface area contributed by atoms with E-state index in [0.717, 1.165) is 17.7 Å². The van der Waals surface area contributed by atoms with Crippen molar-refractivity contribution in [2.45, 2.75) is 13.1 Å². The highest BCUT2D eigenvalue weighted by Gasteiger charge is 2.34. The number of nitrogens with zero attached hydrogens (tertiary/aromatic N) is 4. The number of benzene rings is 2. The van der Waals surface area contributed by atoms with Crippen LogP contribution in [-0.4, -0.2) is 37.6 Å². The molecule has 8 nitrogen and oxygen atoms in total. The number of carbonyl (C=O) groups is 2. The second-order valence-electron chi connectivity index (χ2n) is 8.62. The molecule has 3 heterocycles. The molecule has 0 aliphatic rings. The van der Waals surface area contributed by atoms with Crippen molar-refractivity contribution < 1.29 is 27.5 Å². The first kappa shape index (κ1) is 25.7. The SMILES string of the molecule is CCOC(=O)c1cn2c(NC(=O)c3ccc(C(F)(F)F)c(-c4ccn(C)n4)c3)c(-c3ccccc3)ccc2n1. The number of carbonyl (C=O) groups excluding carboxylic acids is 2. The van der Waals surface area contributed by atoms with Gasteiger partial charge in [-0.3, -0.25) is 13.9 Å². The van der Waals surface area contributed by atoms with E-state index in [2.05, 4.69) is 15.4 Å². The lowest BCUT2D eigenvalue weighted by atomic mass is 10.00. The minimum atomic E-state index is -4.64. The van der Waals surface area contributed by atoms with Crippen molar-refractivity contribution in [3.05, 3.63) is 95.9 Å². The van der Waals surface area contributed by atoms with Gasteiger partial charge < -0.3 is 10.1 Å². The summed E-state index contributed by atoms with van der Waals surface area (Å²) in [6.07, 6.45) is -1.68. The molecule has 1 amide bonds. The number of alkyl halides is 3. The van der Waals surface area contributed by atoms with Crippen LogP contribution in [0.25, 0.3) is 28.0 Å². The molecule has 0 bridgehead atoms. The fourth-order valence-electron chi connectivity index (χ4n) is 4.22. The molecule has 0 spiro atoms. The summed E-state index contributed by atoms with van der Waals surface area (Å²) in [5.41, 5.74) is 0.747. The van der Waals surface area contributed by atoms with E-state index in [4.69, 9.17) is 4.74 Å². The van der Waals surface area contributed by atoms with E-state index in [1.165, 1.54) is 33.6 Å². The Hall–Kier alpha value is -4.93. The first-order valence-electron chi connectivity index (χ1n) is 11.9. The summed E-state index contributed by atoms with van der Waals surface area (Å²) in [6.45, 7) is 1.84. The number of amides is 1. The number of halogens is 3. The predicted octanol–water partition coefficient (Wildman–Crippen LogP) is 5.85. The Morgan fingerprint density at radius 2 is 1.77 bits per heavy atom.